The van der Waals surface area contributed by atoms with Gasteiger partial charge in [-0.3, -0.25) is 0 Å². The molecule has 0 aromatic rings. The third-order valence-electron chi connectivity index (χ3n) is 1.87. The number of nitrogens with zero attached hydrogens (tertiary/aromatic N) is 1. The minimum absolute atomic E-state index is 0.00632. The molecule has 0 radical (unpaired) electrons. The van der Waals surface area contributed by atoms with E-state index in [2.05, 4.69) is 13.2 Å². The van der Waals surface area contributed by atoms with Crippen molar-refractivity contribution in [2.75, 3.05) is 6.61 Å². The van der Waals surface area contributed by atoms with E-state index in [9.17, 15) is 5.11 Å². The molecule has 0 saturated carbocycles. The summed E-state index contributed by atoms with van der Waals surface area (Å²) in [5.74, 6) is 0. The summed E-state index contributed by atoms with van der Waals surface area (Å²) in [6.07, 6.45) is 3.02. The maximum Gasteiger partial charge on any atom is 0.0766 e. The topological polar surface area (TPSA) is 43.7 Å². The number of aliphatic hydroxyl groups excluding tert-OH is 2. The Bertz CT molecular complexity index is 139. The van der Waals surface area contributed by atoms with Crippen LogP contribution in [-0.4, -0.2) is 33.9 Å². The van der Waals surface area contributed by atoms with Gasteiger partial charge in [-0.1, -0.05) is 13.2 Å². The van der Waals surface area contributed by atoms with E-state index in [-0.39, 0.29) is 12.6 Å². The van der Waals surface area contributed by atoms with E-state index in [0.29, 0.717) is 6.42 Å². The lowest BCUT2D eigenvalue weighted by molar-refractivity contribution is 0.0763. The van der Waals surface area contributed by atoms with Crippen molar-refractivity contribution in [3.05, 3.63) is 25.6 Å². The molecule has 2 atom stereocenters. The van der Waals surface area contributed by atoms with Crippen LogP contribution in [0, 0.1) is 0 Å². The highest BCUT2D eigenvalue weighted by atomic mass is 16.3. The minimum atomic E-state index is -0.550. The lowest BCUT2D eigenvalue weighted by atomic mass is 10.1. The third kappa shape index (κ3) is 3.07. The van der Waals surface area contributed by atoms with Gasteiger partial charge in [-0.25, -0.2) is 0 Å². The van der Waals surface area contributed by atoms with Crippen LogP contribution in [-0.2, 0) is 0 Å². The Morgan fingerprint density at radius 3 is 2.25 bits per heavy atom. The third-order valence-corrected chi connectivity index (χ3v) is 1.87. The standard InChI is InChI=1S/C9H17NO2/c1-4-10(5-2)8(3)9(12)6-7-11/h4-5,8-9,11-12H,1-2,6-7H2,3H3. The predicted molar refractivity (Wildman–Crippen MR) is 49.4 cm³/mol. The van der Waals surface area contributed by atoms with Crippen LogP contribution >= 0.6 is 0 Å². The summed E-state index contributed by atoms with van der Waals surface area (Å²) < 4.78 is 0. The first kappa shape index (κ1) is 11.2. The van der Waals surface area contributed by atoms with Crippen LogP contribution in [0.15, 0.2) is 25.6 Å². The average Bonchev–Trinajstić information content (AvgIpc) is 2.07. The molecular formula is C9H17NO2. The van der Waals surface area contributed by atoms with Gasteiger partial charge in [-0.15, -0.1) is 0 Å². The average molecular weight is 171 g/mol. The van der Waals surface area contributed by atoms with Crippen LogP contribution in [0.5, 0.6) is 0 Å². The molecule has 0 spiro atoms. The molecule has 0 fully saturated rings. The molecule has 3 nitrogen and oxygen atoms in total. The van der Waals surface area contributed by atoms with Crippen LogP contribution in [0.2, 0.25) is 0 Å². The van der Waals surface area contributed by atoms with E-state index in [1.54, 1.807) is 17.3 Å². The fourth-order valence-electron chi connectivity index (χ4n) is 0.979. The molecule has 0 rings (SSSR count). The fourth-order valence-corrected chi connectivity index (χ4v) is 0.979. The van der Waals surface area contributed by atoms with Crippen molar-refractivity contribution in [3.63, 3.8) is 0 Å². The zero-order valence-corrected chi connectivity index (χ0v) is 7.48. The van der Waals surface area contributed by atoms with Gasteiger partial charge in [-0.2, -0.15) is 0 Å². The molecular weight excluding hydrogens is 154 g/mol. The van der Waals surface area contributed by atoms with Gasteiger partial charge in [0.25, 0.3) is 0 Å². The molecule has 2 unspecified atom stereocenters. The van der Waals surface area contributed by atoms with E-state index >= 15 is 0 Å². The Labute approximate surface area is 73.6 Å². The van der Waals surface area contributed by atoms with Gasteiger partial charge < -0.3 is 15.1 Å². The van der Waals surface area contributed by atoms with E-state index in [1.807, 2.05) is 6.92 Å². The van der Waals surface area contributed by atoms with E-state index in [1.165, 1.54) is 0 Å². The van der Waals surface area contributed by atoms with Crippen LogP contribution < -0.4 is 0 Å². The van der Waals surface area contributed by atoms with Crippen molar-refractivity contribution in [1.82, 2.24) is 4.90 Å². The SMILES string of the molecule is C=CN(C=C)C(C)C(O)CCO. The predicted octanol–water partition coefficient (Wildman–Crippen LogP) is 0.707. The Kier molecular flexibility index (Phi) is 5.41. The molecule has 0 amide bonds. The Hall–Kier alpha value is -0.800. The smallest absolute Gasteiger partial charge is 0.0766 e. The summed E-state index contributed by atoms with van der Waals surface area (Å²) >= 11 is 0. The molecule has 0 aliphatic rings. The lowest BCUT2D eigenvalue weighted by Crippen LogP contribution is -2.35. The second kappa shape index (κ2) is 5.80. The van der Waals surface area contributed by atoms with Gasteiger partial charge in [0, 0.05) is 6.61 Å². The number of hydrogen-bond donors (Lipinski definition) is 2. The van der Waals surface area contributed by atoms with Crippen LogP contribution in [0.3, 0.4) is 0 Å². The maximum absolute atomic E-state index is 9.45. The highest BCUT2D eigenvalue weighted by Gasteiger charge is 2.16. The molecule has 2 N–H and O–H groups in total. The molecule has 0 aromatic heterocycles. The van der Waals surface area contributed by atoms with E-state index in [0.717, 1.165) is 0 Å². The molecule has 12 heavy (non-hydrogen) atoms. The Morgan fingerprint density at radius 1 is 1.42 bits per heavy atom. The summed E-state index contributed by atoms with van der Waals surface area (Å²) in [4.78, 5) is 1.71. The normalized spacial score (nSPS) is 14.9. The van der Waals surface area contributed by atoms with Gasteiger partial charge in [0.2, 0.25) is 0 Å². The lowest BCUT2D eigenvalue weighted by Gasteiger charge is -2.27. The monoisotopic (exact) mass is 171 g/mol. The Balaban J connectivity index is 4.04. The van der Waals surface area contributed by atoms with Crippen molar-refractivity contribution in [2.45, 2.75) is 25.5 Å². The second-order valence-electron chi connectivity index (χ2n) is 2.63. The number of rotatable bonds is 6. The molecule has 3 heteroatoms. The molecule has 70 valence electrons. The quantitative estimate of drug-likeness (QED) is 0.618. The summed E-state index contributed by atoms with van der Waals surface area (Å²) in [5, 5.41) is 18.0. The van der Waals surface area contributed by atoms with Crippen LogP contribution in [0.25, 0.3) is 0 Å². The first-order chi connectivity index (χ1) is 5.67. The van der Waals surface area contributed by atoms with Gasteiger partial charge in [0.05, 0.1) is 12.1 Å². The van der Waals surface area contributed by atoms with Gasteiger partial charge in [-0.05, 0) is 25.7 Å². The van der Waals surface area contributed by atoms with Crippen molar-refractivity contribution in [1.29, 1.82) is 0 Å². The second-order valence-corrected chi connectivity index (χ2v) is 2.63. The van der Waals surface area contributed by atoms with Crippen LogP contribution in [0.1, 0.15) is 13.3 Å². The molecule has 0 heterocycles. The Morgan fingerprint density at radius 2 is 1.92 bits per heavy atom. The summed E-state index contributed by atoms with van der Waals surface area (Å²) in [6.45, 7) is 9.00. The minimum Gasteiger partial charge on any atom is -0.396 e. The van der Waals surface area contributed by atoms with Crippen molar-refractivity contribution < 1.29 is 10.2 Å². The highest BCUT2D eigenvalue weighted by Crippen LogP contribution is 2.07. The number of aliphatic hydroxyl groups is 2. The summed E-state index contributed by atoms with van der Waals surface area (Å²) in [6, 6.07) is -0.0906. The molecule has 0 aliphatic carbocycles. The first-order valence-electron chi connectivity index (χ1n) is 3.98. The van der Waals surface area contributed by atoms with Crippen molar-refractivity contribution >= 4 is 0 Å². The summed E-state index contributed by atoms with van der Waals surface area (Å²) in [7, 11) is 0. The molecule has 0 aliphatic heterocycles. The van der Waals surface area contributed by atoms with Gasteiger partial charge in [0.15, 0.2) is 0 Å². The zero-order valence-electron chi connectivity index (χ0n) is 7.48. The summed E-state index contributed by atoms with van der Waals surface area (Å²) in [5.41, 5.74) is 0. The van der Waals surface area contributed by atoms with E-state index < -0.39 is 6.10 Å². The maximum atomic E-state index is 9.45. The fraction of sp³-hybridized carbons (Fsp3) is 0.556. The molecule has 0 saturated heterocycles. The largest absolute Gasteiger partial charge is 0.396 e. The van der Waals surface area contributed by atoms with Gasteiger partial charge in [0.1, 0.15) is 0 Å². The van der Waals surface area contributed by atoms with Crippen LogP contribution in [0.4, 0.5) is 0 Å². The highest BCUT2D eigenvalue weighted by molar-refractivity contribution is 4.88. The number of hydrogen-bond acceptors (Lipinski definition) is 3. The van der Waals surface area contributed by atoms with Gasteiger partial charge >= 0.3 is 0 Å². The van der Waals surface area contributed by atoms with Crippen molar-refractivity contribution in [2.24, 2.45) is 0 Å². The zero-order chi connectivity index (χ0) is 9.56. The molecule has 0 aromatic carbocycles. The molecule has 0 bridgehead atoms. The van der Waals surface area contributed by atoms with E-state index in [4.69, 9.17) is 5.11 Å². The first-order valence-corrected chi connectivity index (χ1v) is 3.98. The van der Waals surface area contributed by atoms with Crippen molar-refractivity contribution in [3.8, 4) is 0 Å².